The molecule has 4 heteroatoms. The maximum atomic E-state index is 6.56. The van der Waals surface area contributed by atoms with E-state index in [0.717, 1.165) is 61.6 Å². The summed E-state index contributed by atoms with van der Waals surface area (Å²) in [6, 6.07) is 87.4. The monoisotopic (exact) mass is 860 g/mol. The van der Waals surface area contributed by atoms with Crippen LogP contribution < -0.4 is 9.80 Å². The number of thiophene rings is 1. The van der Waals surface area contributed by atoms with Gasteiger partial charge in [-0.2, -0.15) is 0 Å². The van der Waals surface area contributed by atoms with Crippen LogP contribution in [0.15, 0.2) is 247 Å². The highest BCUT2D eigenvalue weighted by Crippen LogP contribution is 2.48. The van der Waals surface area contributed by atoms with Crippen LogP contribution in [-0.2, 0) is 0 Å². The van der Waals surface area contributed by atoms with Crippen molar-refractivity contribution in [3.05, 3.63) is 243 Å². The molecular formula is C62H40N2OS. The summed E-state index contributed by atoms with van der Waals surface area (Å²) in [7, 11) is 0. The zero-order valence-electron chi connectivity index (χ0n) is 35.8. The first-order valence-corrected chi connectivity index (χ1v) is 23.2. The Bertz CT molecular complexity index is 3930. The van der Waals surface area contributed by atoms with Crippen LogP contribution >= 0.6 is 11.3 Å². The molecule has 0 aliphatic rings. The van der Waals surface area contributed by atoms with E-state index in [4.69, 9.17) is 4.42 Å². The van der Waals surface area contributed by atoms with Gasteiger partial charge >= 0.3 is 0 Å². The second-order valence-electron chi connectivity index (χ2n) is 16.8. The molecule has 0 unspecified atom stereocenters. The molecular weight excluding hydrogens is 821 g/mol. The summed E-state index contributed by atoms with van der Waals surface area (Å²) in [4.78, 5) is 4.70. The van der Waals surface area contributed by atoms with Gasteiger partial charge in [0.15, 0.2) is 5.58 Å². The zero-order valence-corrected chi connectivity index (χ0v) is 36.6. The Hall–Kier alpha value is -8.44. The molecule has 66 heavy (non-hydrogen) atoms. The highest BCUT2D eigenvalue weighted by atomic mass is 32.1. The predicted octanol–water partition coefficient (Wildman–Crippen LogP) is 18.5. The lowest BCUT2D eigenvalue weighted by molar-refractivity contribution is 0.669. The molecule has 0 amide bonds. The average molecular weight is 861 g/mol. The van der Waals surface area contributed by atoms with Gasteiger partial charge in [-0.3, -0.25) is 0 Å². The molecule has 310 valence electrons. The molecule has 11 aromatic carbocycles. The number of para-hydroxylation sites is 5. The third-order valence-electron chi connectivity index (χ3n) is 13.0. The predicted molar refractivity (Wildman–Crippen MR) is 282 cm³/mol. The van der Waals surface area contributed by atoms with Gasteiger partial charge in [0, 0.05) is 64.6 Å². The Morgan fingerprint density at radius 3 is 1.65 bits per heavy atom. The van der Waals surface area contributed by atoms with Gasteiger partial charge in [0.2, 0.25) is 0 Å². The van der Waals surface area contributed by atoms with Crippen LogP contribution in [0.25, 0.3) is 85.9 Å². The molecule has 13 aromatic rings. The SMILES string of the molecule is c1ccc(-c2ccccc2N(c2ccccc2)c2ccc3c(c2)sc2c4ccc(-c5ccc(N(c6ccccc6)c6cccc7c6oc6ccccc67)cc5)cc4c4ccccc4c32)cc1. The van der Waals surface area contributed by atoms with Gasteiger partial charge in [0.05, 0.1) is 11.4 Å². The van der Waals surface area contributed by atoms with E-state index in [-0.39, 0.29) is 0 Å². The van der Waals surface area contributed by atoms with Crippen LogP contribution in [0.4, 0.5) is 34.1 Å². The van der Waals surface area contributed by atoms with Crippen molar-refractivity contribution in [2.24, 2.45) is 0 Å². The van der Waals surface area contributed by atoms with Crippen LogP contribution in [0.1, 0.15) is 0 Å². The van der Waals surface area contributed by atoms with E-state index < -0.39 is 0 Å². The quantitative estimate of drug-likeness (QED) is 0.142. The minimum Gasteiger partial charge on any atom is -0.454 e. The topological polar surface area (TPSA) is 19.6 Å². The van der Waals surface area contributed by atoms with E-state index >= 15 is 0 Å². The van der Waals surface area contributed by atoms with E-state index in [0.29, 0.717) is 0 Å². The Kier molecular flexibility index (Phi) is 9.03. The van der Waals surface area contributed by atoms with Crippen LogP contribution in [0.2, 0.25) is 0 Å². The van der Waals surface area contributed by atoms with E-state index in [1.54, 1.807) is 0 Å². The number of hydrogen-bond acceptors (Lipinski definition) is 4. The van der Waals surface area contributed by atoms with Gasteiger partial charge in [-0.1, -0.05) is 170 Å². The molecule has 0 N–H and O–H groups in total. The normalized spacial score (nSPS) is 11.6. The van der Waals surface area contributed by atoms with E-state index in [1.165, 1.54) is 58.4 Å². The summed E-state index contributed by atoms with van der Waals surface area (Å²) in [6.45, 7) is 0. The minimum atomic E-state index is 0.874. The van der Waals surface area contributed by atoms with Crippen molar-refractivity contribution in [2.75, 3.05) is 9.80 Å². The number of furan rings is 1. The molecule has 2 heterocycles. The molecule has 0 fully saturated rings. The van der Waals surface area contributed by atoms with Crippen LogP contribution in [0.5, 0.6) is 0 Å². The third kappa shape index (κ3) is 6.26. The largest absolute Gasteiger partial charge is 0.454 e. The molecule has 0 spiro atoms. The lowest BCUT2D eigenvalue weighted by Gasteiger charge is -2.28. The molecule has 13 rings (SSSR count). The second-order valence-corrected chi connectivity index (χ2v) is 17.9. The first-order valence-electron chi connectivity index (χ1n) is 22.4. The summed E-state index contributed by atoms with van der Waals surface area (Å²) in [5.41, 5.74) is 13.0. The molecule has 0 radical (unpaired) electrons. The Labute approximate surface area is 386 Å². The minimum absolute atomic E-state index is 0.874. The second kappa shape index (κ2) is 15.7. The molecule has 0 bridgehead atoms. The fraction of sp³-hybridized carbons (Fsp3) is 0. The van der Waals surface area contributed by atoms with E-state index in [9.17, 15) is 0 Å². The summed E-state index contributed by atoms with van der Waals surface area (Å²) < 4.78 is 9.13. The maximum absolute atomic E-state index is 6.56. The van der Waals surface area contributed by atoms with Gasteiger partial charge in [-0.05, 0) is 106 Å². The van der Waals surface area contributed by atoms with Gasteiger partial charge in [0.25, 0.3) is 0 Å². The third-order valence-corrected chi connectivity index (χ3v) is 14.2. The van der Waals surface area contributed by atoms with Crippen molar-refractivity contribution in [3.8, 4) is 22.3 Å². The lowest BCUT2D eigenvalue weighted by Crippen LogP contribution is -2.10. The number of nitrogens with zero attached hydrogens (tertiary/aromatic N) is 2. The number of anilines is 6. The van der Waals surface area contributed by atoms with E-state index in [2.05, 4.69) is 240 Å². The summed E-state index contributed by atoms with van der Waals surface area (Å²) in [5.74, 6) is 0. The highest BCUT2D eigenvalue weighted by Gasteiger charge is 2.22. The van der Waals surface area contributed by atoms with Crippen LogP contribution in [-0.4, -0.2) is 0 Å². The number of benzene rings is 11. The summed E-state index contributed by atoms with van der Waals surface area (Å²) >= 11 is 1.89. The average Bonchev–Trinajstić information content (AvgIpc) is 3.97. The Morgan fingerprint density at radius 2 is 0.879 bits per heavy atom. The molecule has 0 saturated carbocycles. The van der Waals surface area contributed by atoms with Crippen molar-refractivity contribution in [3.63, 3.8) is 0 Å². The van der Waals surface area contributed by atoms with Gasteiger partial charge in [-0.15, -0.1) is 11.3 Å². The smallest absolute Gasteiger partial charge is 0.159 e. The van der Waals surface area contributed by atoms with Gasteiger partial charge < -0.3 is 14.2 Å². The summed E-state index contributed by atoms with van der Waals surface area (Å²) in [6.07, 6.45) is 0. The van der Waals surface area contributed by atoms with E-state index in [1.807, 2.05) is 23.5 Å². The first-order chi connectivity index (χ1) is 32.7. The number of hydrogen-bond donors (Lipinski definition) is 0. The fourth-order valence-corrected chi connectivity index (χ4v) is 11.3. The van der Waals surface area contributed by atoms with Crippen molar-refractivity contribution >= 4 is 109 Å². The van der Waals surface area contributed by atoms with Crippen molar-refractivity contribution < 1.29 is 4.42 Å². The number of fused-ring (bicyclic) bond motifs is 11. The van der Waals surface area contributed by atoms with Crippen LogP contribution in [0, 0.1) is 0 Å². The Balaban J connectivity index is 0.926. The maximum Gasteiger partial charge on any atom is 0.159 e. The highest BCUT2D eigenvalue weighted by molar-refractivity contribution is 7.27. The van der Waals surface area contributed by atoms with Crippen molar-refractivity contribution in [1.29, 1.82) is 0 Å². The Morgan fingerprint density at radius 1 is 0.318 bits per heavy atom. The lowest BCUT2D eigenvalue weighted by atomic mass is 9.94. The molecule has 0 aliphatic carbocycles. The van der Waals surface area contributed by atoms with Gasteiger partial charge in [0.1, 0.15) is 5.58 Å². The molecule has 0 aliphatic heterocycles. The van der Waals surface area contributed by atoms with Gasteiger partial charge in [-0.25, -0.2) is 0 Å². The standard InChI is InChI=1S/C62H40N2OS/c1-4-17-42(18-5-1)48-23-12-14-28-56(48)64(45-21-8-3-9-22-45)47-36-38-54-59(40-47)66-62-53-37-33-43(39-55(53)49-24-10-11-26-51(49)60(54)62)41-31-34-46(35-32-41)63(44-19-6-2-7-20-44)57-29-16-27-52-50-25-13-15-30-58(50)65-61(52)57/h1-40H. The first kappa shape index (κ1) is 38.1. The molecule has 3 nitrogen and oxygen atoms in total. The molecule has 0 saturated heterocycles. The zero-order chi connectivity index (χ0) is 43.6. The van der Waals surface area contributed by atoms with Crippen molar-refractivity contribution in [2.45, 2.75) is 0 Å². The fourth-order valence-electron chi connectivity index (χ4n) is 10.0. The number of rotatable bonds is 8. The molecule has 0 atom stereocenters. The van der Waals surface area contributed by atoms with Crippen molar-refractivity contribution in [1.82, 2.24) is 0 Å². The van der Waals surface area contributed by atoms with Crippen LogP contribution in [0.3, 0.4) is 0 Å². The molecule has 2 aromatic heterocycles. The summed E-state index contributed by atoms with van der Waals surface area (Å²) in [5, 5.41) is 9.90.